The molecule has 9 nitrogen and oxygen atoms in total. The summed E-state index contributed by atoms with van der Waals surface area (Å²) in [5.74, 6) is -0.642. The van der Waals surface area contributed by atoms with Gasteiger partial charge in [0, 0.05) is 13.1 Å². The second-order valence-corrected chi connectivity index (χ2v) is 10.1. The van der Waals surface area contributed by atoms with Crippen molar-refractivity contribution in [3.63, 3.8) is 0 Å². The van der Waals surface area contributed by atoms with Crippen LogP contribution in [0.3, 0.4) is 0 Å². The standard InChI is InChI=1S/C28H33FN6O3.C2H6/c1-20(2)16-24-27(37)32(14-12-21-8-10-23(29)11-9-21)18-25-34(24)26(36)19-33(15-13-30)35(25)28(38)31-17-22-6-4-3-5-7-22;1-2/h3-11,20,24-25H,12,14-19H2,1-2H3,(H,31,38);1-2H3/t24-,25?;/m0./s1. The molecule has 1 N–H and O–H groups in total. The van der Waals surface area contributed by atoms with E-state index >= 15 is 0 Å². The molecule has 0 radical (unpaired) electrons. The third-order valence-corrected chi connectivity index (χ3v) is 6.86. The van der Waals surface area contributed by atoms with Gasteiger partial charge in [-0.2, -0.15) is 10.3 Å². The van der Waals surface area contributed by atoms with Crippen molar-refractivity contribution >= 4 is 17.8 Å². The van der Waals surface area contributed by atoms with Crippen LogP contribution in [0, 0.1) is 23.1 Å². The van der Waals surface area contributed by atoms with Gasteiger partial charge in [-0.3, -0.25) is 9.59 Å². The molecule has 2 aliphatic rings. The van der Waals surface area contributed by atoms with Gasteiger partial charge in [0.15, 0.2) is 0 Å². The predicted octanol–water partition coefficient (Wildman–Crippen LogP) is 3.77. The summed E-state index contributed by atoms with van der Waals surface area (Å²) in [5, 5.41) is 15.2. The van der Waals surface area contributed by atoms with E-state index < -0.39 is 18.2 Å². The third kappa shape index (κ3) is 7.36. The number of hydrazine groups is 1. The number of nitrogens with one attached hydrogen (secondary N) is 1. The number of hydrogen-bond donors (Lipinski definition) is 1. The molecule has 0 saturated carbocycles. The Bertz CT molecular complexity index is 1180. The van der Waals surface area contributed by atoms with Crippen molar-refractivity contribution in [1.82, 2.24) is 25.1 Å². The highest BCUT2D eigenvalue weighted by molar-refractivity contribution is 5.91. The first-order valence-corrected chi connectivity index (χ1v) is 13.9. The first-order valence-electron chi connectivity index (χ1n) is 13.9. The molecule has 0 spiro atoms. The molecule has 4 rings (SSSR count). The summed E-state index contributed by atoms with van der Waals surface area (Å²) in [6.45, 7) is 8.41. The summed E-state index contributed by atoms with van der Waals surface area (Å²) in [6, 6.07) is 16.5. The van der Waals surface area contributed by atoms with E-state index in [1.807, 2.05) is 64.1 Å². The summed E-state index contributed by atoms with van der Waals surface area (Å²) in [7, 11) is 0. The monoisotopic (exact) mass is 550 g/mol. The van der Waals surface area contributed by atoms with Gasteiger partial charge in [-0.25, -0.2) is 14.2 Å². The summed E-state index contributed by atoms with van der Waals surface area (Å²) < 4.78 is 13.4. The number of rotatable bonds is 8. The third-order valence-electron chi connectivity index (χ3n) is 6.86. The molecule has 1 unspecified atom stereocenters. The molecule has 2 atom stereocenters. The van der Waals surface area contributed by atoms with Crippen LogP contribution in [0.25, 0.3) is 0 Å². The number of amides is 4. The smallest absolute Gasteiger partial charge is 0.334 e. The summed E-state index contributed by atoms with van der Waals surface area (Å²) >= 11 is 0. The topological polar surface area (TPSA) is 100.0 Å². The van der Waals surface area contributed by atoms with Gasteiger partial charge >= 0.3 is 6.03 Å². The second kappa shape index (κ2) is 14.4. The van der Waals surface area contributed by atoms with Crippen molar-refractivity contribution in [1.29, 1.82) is 5.26 Å². The van der Waals surface area contributed by atoms with Gasteiger partial charge in [0.25, 0.3) is 0 Å². The lowest BCUT2D eigenvalue weighted by Crippen LogP contribution is -2.76. The second-order valence-electron chi connectivity index (χ2n) is 10.1. The van der Waals surface area contributed by atoms with Crippen molar-refractivity contribution in [3.8, 4) is 6.07 Å². The number of urea groups is 1. The van der Waals surface area contributed by atoms with Gasteiger partial charge in [0.2, 0.25) is 11.8 Å². The zero-order chi connectivity index (χ0) is 29.2. The van der Waals surface area contributed by atoms with E-state index in [-0.39, 0.29) is 49.7 Å². The average molecular weight is 551 g/mol. The maximum Gasteiger partial charge on any atom is 0.334 e. The normalized spacial score (nSPS) is 19.1. The highest BCUT2D eigenvalue weighted by Crippen LogP contribution is 2.29. The minimum Gasteiger partial charge on any atom is -0.337 e. The first kappa shape index (κ1) is 30.6. The number of halogens is 1. The molecule has 4 amide bonds. The predicted molar refractivity (Wildman–Crippen MR) is 150 cm³/mol. The van der Waals surface area contributed by atoms with Crippen LogP contribution in [-0.4, -0.2) is 76.0 Å². The Morgan fingerprint density at radius 2 is 1.75 bits per heavy atom. The molecule has 2 saturated heterocycles. The molecular formula is C30H39FN6O3. The lowest BCUT2D eigenvalue weighted by Gasteiger charge is -2.55. The maximum absolute atomic E-state index is 13.6. The molecule has 10 heteroatoms. The number of nitrogens with zero attached hydrogens (tertiary/aromatic N) is 5. The number of fused-ring (bicyclic) bond motifs is 1. The fraction of sp³-hybridized carbons (Fsp3) is 0.467. The number of carbonyl (C=O) groups excluding carboxylic acids is 3. The Morgan fingerprint density at radius 1 is 1.07 bits per heavy atom. The molecule has 2 aromatic carbocycles. The molecule has 214 valence electrons. The molecule has 0 aromatic heterocycles. The number of hydrogen-bond acceptors (Lipinski definition) is 5. The van der Waals surface area contributed by atoms with Crippen LogP contribution in [0.1, 0.15) is 45.2 Å². The van der Waals surface area contributed by atoms with Gasteiger partial charge in [-0.15, -0.1) is 0 Å². The van der Waals surface area contributed by atoms with E-state index in [4.69, 9.17) is 0 Å². The quantitative estimate of drug-likeness (QED) is 0.505. The molecule has 2 aromatic rings. The fourth-order valence-corrected chi connectivity index (χ4v) is 5.06. The number of benzene rings is 2. The van der Waals surface area contributed by atoms with Crippen LogP contribution < -0.4 is 5.32 Å². The zero-order valence-electron chi connectivity index (χ0n) is 23.7. The van der Waals surface area contributed by atoms with E-state index in [0.717, 1.165) is 11.1 Å². The van der Waals surface area contributed by atoms with Crippen molar-refractivity contribution in [2.24, 2.45) is 5.92 Å². The Morgan fingerprint density at radius 3 is 2.38 bits per heavy atom. The van der Waals surface area contributed by atoms with E-state index in [1.54, 1.807) is 17.0 Å². The maximum atomic E-state index is 13.6. The molecule has 0 bridgehead atoms. The van der Waals surface area contributed by atoms with E-state index in [0.29, 0.717) is 19.4 Å². The van der Waals surface area contributed by atoms with E-state index in [2.05, 4.69) is 5.32 Å². The molecule has 2 fully saturated rings. The van der Waals surface area contributed by atoms with Crippen LogP contribution in [0.5, 0.6) is 0 Å². The van der Waals surface area contributed by atoms with Crippen molar-refractivity contribution in [2.75, 3.05) is 26.2 Å². The molecule has 2 heterocycles. The average Bonchev–Trinajstić information content (AvgIpc) is 2.95. The number of carbonyl (C=O) groups is 3. The molecule has 40 heavy (non-hydrogen) atoms. The zero-order valence-corrected chi connectivity index (χ0v) is 23.7. The van der Waals surface area contributed by atoms with Crippen molar-refractivity contribution in [3.05, 3.63) is 71.5 Å². The lowest BCUT2D eigenvalue weighted by molar-refractivity contribution is -0.189. The minimum absolute atomic E-state index is 0.112. The minimum atomic E-state index is -0.755. The van der Waals surface area contributed by atoms with Gasteiger partial charge in [0.1, 0.15) is 24.6 Å². The molecule has 0 aliphatic carbocycles. The van der Waals surface area contributed by atoms with Crippen LogP contribution in [-0.2, 0) is 22.6 Å². The van der Waals surface area contributed by atoms with Crippen LogP contribution >= 0.6 is 0 Å². The first-order chi connectivity index (χ1) is 19.3. The molecular weight excluding hydrogens is 511 g/mol. The largest absolute Gasteiger partial charge is 0.337 e. The number of nitriles is 1. The Kier molecular flexibility index (Phi) is 11.0. The Labute approximate surface area is 236 Å². The lowest BCUT2D eigenvalue weighted by atomic mass is 9.96. The van der Waals surface area contributed by atoms with Gasteiger partial charge in [0.05, 0.1) is 19.2 Å². The Hall–Kier alpha value is -3.97. The molecule has 2 aliphatic heterocycles. The highest BCUT2D eigenvalue weighted by atomic mass is 19.1. The summed E-state index contributed by atoms with van der Waals surface area (Å²) in [5.41, 5.74) is 1.79. The SMILES string of the molecule is CC.CC(C)C[C@H]1C(=O)N(CCc2ccc(F)cc2)CC2N1C(=O)CN(CC#N)N2C(=O)NCc1ccccc1. The highest BCUT2D eigenvalue weighted by Gasteiger charge is 2.51. The van der Waals surface area contributed by atoms with E-state index in [1.165, 1.54) is 27.1 Å². The number of piperazine rings is 1. The van der Waals surface area contributed by atoms with Gasteiger partial charge < -0.3 is 15.1 Å². The van der Waals surface area contributed by atoms with Crippen LogP contribution in [0.2, 0.25) is 0 Å². The van der Waals surface area contributed by atoms with Crippen LogP contribution in [0.15, 0.2) is 54.6 Å². The van der Waals surface area contributed by atoms with Gasteiger partial charge in [-0.1, -0.05) is 70.2 Å². The van der Waals surface area contributed by atoms with Crippen LogP contribution in [0.4, 0.5) is 9.18 Å². The van der Waals surface area contributed by atoms with Gasteiger partial charge in [-0.05, 0) is 42.0 Å². The summed E-state index contributed by atoms with van der Waals surface area (Å²) in [6.07, 6.45) is 0.199. The summed E-state index contributed by atoms with van der Waals surface area (Å²) in [4.78, 5) is 43.7. The van der Waals surface area contributed by atoms with Crippen molar-refractivity contribution in [2.45, 2.75) is 59.3 Å². The Balaban J connectivity index is 0.00000216. The van der Waals surface area contributed by atoms with Crippen molar-refractivity contribution < 1.29 is 18.8 Å². The fourth-order valence-electron chi connectivity index (χ4n) is 5.06. The van der Waals surface area contributed by atoms with E-state index in [9.17, 15) is 24.0 Å².